The van der Waals surface area contributed by atoms with E-state index >= 15 is 0 Å². The van der Waals surface area contributed by atoms with Crippen molar-refractivity contribution in [2.24, 2.45) is 0 Å². The molecule has 1 aromatic heterocycles. The van der Waals surface area contributed by atoms with E-state index in [1.54, 1.807) is 19.3 Å². The Morgan fingerprint density at radius 2 is 2.50 bits per heavy atom. The van der Waals surface area contributed by atoms with Crippen molar-refractivity contribution in [1.29, 1.82) is 0 Å². The molecule has 1 heterocycles. The molecule has 4 nitrogen and oxygen atoms in total. The lowest BCUT2D eigenvalue weighted by atomic mass is 10.2. The van der Waals surface area contributed by atoms with Crippen molar-refractivity contribution < 1.29 is 9.90 Å². The van der Waals surface area contributed by atoms with Gasteiger partial charge in [0.25, 0.3) is 0 Å². The van der Waals surface area contributed by atoms with Gasteiger partial charge in [-0.05, 0) is 25.0 Å². The standard InChI is InChI=1S/C10H14N2O2/c1-8(10(13)14)12-6-4-9-3-2-5-11-7-9/h2-3,5,7-8,12H,4,6H2,1H3,(H,13,14)/t8-/m0/s1. The van der Waals surface area contributed by atoms with Gasteiger partial charge in [0.2, 0.25) is 0 Å². The zero-order valence-corrected chi connectivity index (χ0v) is 8.10. The van der Waals surface area contributed by atoms with Crippen molar-refractivity contribution in [3.05, 3.63) is 30.1 Å². The summed E-state index contributed by atoms with van der Waals surface area (Å²) >= 11 is 0. The van der Waals surface area contributed by atoms with Gasteiger partial charge in [-0.1, -0.05) is 6.07 Å². The molecule has 1 rings (SSSR count). The van der Waals surface area contributed by atoms with Crippen molar-refractivity contribution in [3.63, 3.8) is 0 Å². The summed E-state index contributed by atoms with van der Waals surface area (Å²) in [5, 5.41) is 11.5. The molecule has 0 saturated carbocycles. The van der Waals surface area contributed by atoms with Crippen LogP contribution in [0.1, 0.15) is 12.5 Å². The Bertz CT molecular complexity index is 287. The van der Waals surface area contributed by atoms with E-state index < -0.39 is 12.0 Å². The summed E-state index contributed by atoms with van der Waals surface area (Å²) in [6.45, 7) is 2.28. The number of nitrogens with one attached hydrogen (secondary N) is 1. The van der Waals surface area contributed by atoms with Crippen LogP contribution in [0.15, 0.2) is 24.5 Å². The lowest BCUT2D eigenvalue weighted by Crippen LogP contribution is -2.34. The monoisotopic (exact) mass is 194 g/mol. The van der Waals surface area contributed by atoms with Crippen LogP contribution >= 0.6 is 0 Å². The van der Waals surface area contributed by atoms with Gasteiger partial charge in [0.15, 0.2) is 0 Å². The quantitative estimate of drug-likeness (QED) is 0.723. The first-order valence-corrected chi connectivity index (χ1v) is 4.55. The number of carboxylic acids is 1. The van der Waals surface area contributed by atoms with Gasteiger partial charge >= 0.3 is 5.97 Å². The van der Waals surface area contributed by atoms with Crippen molar-refractivity contribution in [2.45, 2.75) is 19.4 Å². The molecule has 0 unspecified atom stereocenters. The van der Waals surface area contributed by atoms with Crippen LogP contribution in [-0.2, 0) is 11.2 Å². The minimum absolute atomic E-state index is 0.494. The predicted octanol–water partition coefficient (Wildman–Crippen LogP) is 0.687. The van der Waals surface area contributed by atoms with Crippen LogP contribution in [0.25, 0.3) is 0 Å². The number of carboxylic acid groups (broad SMARTS) is 1. The Hall–Kier alpha value is -1.42. The molecule has 1 aromatic rings. The average molecular weight is 194 g/mol. The van der Waals surface area contributed by atoms with E-state index in [1.165, 1.54) is 0 Å². The van der Waals surface area contributed by atoms with E-state index in [4.69, 9.17) is 5.11 Å². The second kappa shape index (κ2) is 5.34. The second-order valence-corrected chi connectivity index (χ2v) is 3.13. The van der Waals surface area contributed by atoms with Gasteiger partial charge < -0.3 is 10.4 Å². The summed E-state index contributed by atoms with van der Waals surface area (Å²) in [7, 11) is 0. The zero-order chi connectivity index (χ0) is 10.4. The van der Waals surface area contributed by atoms with E-state index in [0.717, 1.165) is 12.0 Å². The fourth-order valence-electron chi connectivity index (χ4n) is 1.07. The Kier molecular flexibility index (Phi) is 4.07. The molecule has 0 aliphatic heterocycles. The maximum Gasteiger partial charge on any atom is 0.320 e. The van der Waals surface area contributed by atoms with Crippen LogP contribution in [0.2, 0.25) is 0 Å². The van der Waals surface area contributed by atoms with E-state index in [-0.39, 0.29) is 0 Å². The number of aromatic nitrogens is 1. The van der Waals surface area contributed by atoms with Gasteiger partial charge in [0, 0.05) is 18.9 Å². The van der Waals surface area contributed by atoms with Crippen LogP contribution in [0, 0.1) is 0 Å². The molecule has 0 fully saturated rings. The van der Waals surface area contributed by atoms with E-state index in [2.05, 4.69) is 10.3 Å². The van der Waals surface area contributed by atoms with E-state index in [9.17, 15) is 4.79 Å². The topological polar surface area (TPSA) is 62.2 Å². The summed E-state index contributed by atoms with van der Waals surface area (Å²) in [6, 6.07) is 3.35. The molecule has 0 amide bonds. The lowest BCUT2D eigenvalue weighted by Gasteiger charge is -2.08. The molecule has 0 aromatic carbocycles. The highest BCUT2D eigenvalue weighted by Crippen LogP contribution is 1.95. The number of hydrogen-bond donors (Lipinski definition) is 2. The number of hydrogen-bond acceptors (Lipinski definition) is 3. The van der Waals surface area contributed by atoms with Crippen LogP contribution in [0.3, 0.4) is 0 Å². The minimum atomic E-state index is -0.823. The molecule has 0 radical (unpaired) electrons. The normalized spacial score (nSPS) is 12.4. The summed E-state index contributed by atoms with van der Waals surface area (Å²) < 4.78 is 0. The van der Waals surface area contributed by atoms with Crippen LogP contribution in [0.4, 0.5) is 0 Å². The maximum atomic E-state index is 10.5. The third kappa shape index (κ3) is 3.53. The Balaban J connectivity index is 2.26. The Morgan fingerprint density at radius 3 is 3.07 bits per heavy atom. The highest BCUT2D eigenvalue weighted by atomic mass is 16.4. The fourth-order valence-corrected chi connectivity index (χ4v) is 1.07. The molecule has 0 saturated heterocycles. The first-order chi connectivity index (χ1) is 6.70. The number of nitrogens with zero attached hydrogens (tertiary/aromatic N) is 1. The van der Waals surface area contributed by atoms with Crippen LogP contribution < -0.4 is 5.32 Å². The molecular weight excluding hydrogens is 180 g/mol. The smallest absolute Gasteiger partial charge is 0.320 e. The number of pyridine rings is 1. The molecule has 0 aliphatic carbocycles. The summed E-state index contributed by atoms with van der Waals surface area (Å²) in [5.41, 5.74) is 1.11. The zero-order valence-electron chi connectivity index (χ0n) is 8.10. The number of aliphatic carboxylic acids is 1. The predicted molar refractivity (Wildman–Crippen MR) is 53.0 cm³/mol. The maximum absolute atomic E-state index is 10.5. The molecule has 4 heteroatoms. The third-order valence-electron chi connectivity index (χ3n) is 1.96. The van der Waals surface area contributed by atoms with E-state index in [0.29, 0.717) is 6.54 Å². The van der Waals surface area contributed by atoms with Gasteiger partial charge in [-0.15, -0.1) is 0 Å². The van der Waals surface area contributed by atoms with Gasteiger partial charge in [-0.2, -0.15) is 0 Å². The fraction of sp³-hybridized carbons (Fsp3) is 0.400. The molecule has 0 spiro atoms. The second-order valence-electron chi connectivity index (χ2n) is 3.13. The van der Waals surface area contributed by atoms with E-state index in [1.807, 2.05) is 12.1 Å². The Labute approximate surface area is 83.0 Å². The SMILES string of the molecule is C[C@H](NCCc1cccnc1)C(=O)O. The third-order valence-corrected chi connectivity index (χ3v) is 1.96. The van der Waals surface area contributed by atoms with Crippen LogP contribution in [-0.4, -0.2) is 28.6 Å². The summed E-state index contributed by atoms with van der Waals surface area (Å²) in [4.78, 5) is 14.4. The summed E-state index contributed by atoms with van der Waals surface area (Å²) in [6.07, 6.45) is 4.30. The first-order valence-electron chi connectivity index (χ1n) is 4.55. The molecule has 1 atom stereocenters. The highest BCUT2D eigenvalue weighted by Gasteiger charge is 2.08. The lowest BCUT2D eigenvalue weighted by molar-refractivity contribution is -0.138. The Morgan fingerprint density at radius 1 is 1.71 bits per heavy atom. The largest absolute Gasteiger partial charge is 0.480 e. The average Bonchev–Trinajstić information content (AvgIpc) is 2.19. The highest BCUT2D eigenvalue weighted by molar-refractivity contribution is 5.72. The number of carbonyl (C=O) groups is 1. The summed E-state index contributed by atoms with van der Waals surface area (Å²) in [5.74, 6) is -0.823. The molecule has 14 heavy (non-hydrogen) atoms. The van der Waals surface area contributed by atoms with Gasteiger partial charge in [-0.3, -0.25) is 9.78 Å². The number of rotatable bonds is 5. The van der Waals surface area contributed by atoms with Gasteiger partial charge in [0.1, 0.15) is 6.04 Å². The van der Waals surface area contributed by atoms with Crippen molar-refractivity contribution in [1.82, 2.24) is 10.3 Å². The minimum Gasteiger partial charge on any atom is -0.480 e. The van der Waals surface area contributed by atoms with Crippen molar-refractivity contribution in [2.75, 3.05) is 6.54 Å². The molecule has 0 bridgehead atoms. The van der Waals surface area contributed by atoms with Crippen molar-refractivity contribution >= 4 is 5.97 Å². The van der Waals surface area contributed by atoms with Gasteiger partial charge in [0.05, 0.1) is 0 Å². The molecule has 0 aliphatic rings. The van der Waals surface area contributed by atoms with Crippen LogP contribution in [0.5, 0.6) is 0 Å². The first kappa shape index (κ1) is 10.7. The molecule has 76 valence electrons. The van der Waals surface area contributed by atoms with Crippen molar-refractivity contribution in [3.8, 4) is 0 Å². The molecular formula is C10H14N2O2. The molecule has 2 N–H and O–H groups in total. The van der Waals surface area contributed by atoms with Gasteiger partial charge in [-0.25, -0.2) is 0 Å².